The number of ether oxygens (including phenoxy) is 1. The quantitative estimate of drug-likeness (QED) is 0.245. The number of hydrogen-bond acceptors (Lipinski definition) is 4. The van der Waals surface area contributed by atoms with Gasteiger partial charge in [0.1, 0.15) is 0 Å². The van der Waals surface area contributed by atoms with E-state index >= 15 is 0 Å². The van der Waals surface area contributed by atoms with Crippen molar-refractivity contribution in [2.45, 2.75) is 38.6 Å². The maximum absolute atomic E-state index is 14.7. The van der Waals surface area contributed by atoms with Crippen molar-refractivity contribution >= 4 is 20.4 Å². The van der Waals surface area contributed by atoms with Crippen LogP contribution in [0.5, 0.6) is 0 Å². The second-order valence-corrected chi connectivity index (χ2v) is 11.5. The number of alkyl halides is 8. The first-order chi connectivity index (χ1) is 16.7. The van der Waals surface area contributed by atoms with Crippen LogP contribution in [-0.4, -0.2) is 32.3 Å². The zero-order valence-corrected chi connectivity index (χ0v) is 19.3. The van der Waals surface area contributed by atoms with Crippen LogP contribution in [0.3, 0.4) is 0 Å². The highest BCUT2D eigenvalue weighted by Crippen LogP contribution is 2.71. The van der Waals surface area contributed by atoms with E-state index in [1.165, 1.54) is 91.0 Å². The molecular weight excluding hydrogens is 544 g/mol. The molecule has 0 bridgehead atoms. The molecule has 4 nitrogen and oxygen atoms in total. The molecule has 3 aromatic carbocycles. The normalized spacial score (nSPS) is 14.1. The van der Waals surface area contributed by atoms with Crippen LogP contribution in [0.2, 0.25) is 0 Å². The zero-order valence-electron chi connectivity index (χ0n) is 17.7. The molecule has 0 saturated heterocycles. The van der Waals surface area contributed by atoms with Gasteiger partial charge in [0.05, 0.1) is 0 Å². The molecule has 14 heteroatoms. The lowest BCUT2D eigenvalue weighted by Gasteiger charge is -2.40. The molecule has 0 spiro atoms. The van der Waals surface area contributed by atoms with Crippen molar-refractivity contribution in [1.82, 2.24) is 0 Å². The Morgan fingerprint density at radius 2 is 0.944 bits per heavy atom. The predicted molar refractivity (Wildman–Crippen MR) is 114 cm³/mol. The number of rotatable bonds is 10. The van der Waals surface area contributed by atoms with Crippen LogP contribution in [0.15, 0.2) is 106 Å². The first kappa shape index (κ1) is 27.9. The summed E-state index contributed by atoms with van der Waals surface area (Å²) in [6.07, 6.45) is -17.7. The predicted octanol–water partition coefficient (Wildman–Crippen LogP) is 7.29. The molecule has 0 aliphatic carbocycles. The molecule has 0 N–H and O–H groups in total. The van der Waals surface area contributed by atoms with Gasteiger partial charge in [0.15, 0.2) is 0 Å². The second kappa shape index (κ2) is 10.00. The highest BCUT2D eigenvalue weighted by Gasteiger charge is 2.73. The summed E-state index contributed by atoms with van der Waals surface area (Å²) in [6.45, 7) is 0. The van der Waals surface area contributed by atoms with Gasteiger partial charge in [-0.1, -0.05) is 54.6 Å². The van der Waals surface area contributed by atoms with Crippen LogP contribution in [0.4, 0.5) is 35.1 Å². The Kier molecular flexibility index (Phi) is 7.75. The van der Waals surface area contributed by atoms with E-state index < -0.39 is 44.3 Å². The van der Waals surface area contributed by atoms with Gasteiger partial charge in [-0.25, -0.2) is 17.1 Å². The second-order valence-electron chi connectivity index (χ2n) is 7.02. The molecule has 0 aromatic heterocycles. The van der Waals surface area contributed by atoms with Crippen molar-refractivity contribution in [3.63, 3.8) is 0 Å². The van der Waals surface area contributed by atoms with Crippen molar-refractivity contribution in [1.29, 1.82) is 0 Å². The summed E-state index contributed by atoms with van der Waals surface area (Å²) in [4.78, 5) is -0.114. The van der Waals surface area contributed by atoms with E-state index in [4.69, 9.17) is 3.63 Å². The summed E-state index contributed by atoms with van der Waals surface area (Å²) in [7, 11) is -10.7. The molecule has 0 aliphatic heterocycles. The zero-order chi connectivity index (χ0) is 26.8. The fourth-order valence-corrected chi connectivity index (χ4v) is 8.09. The van der Waals surface area contributed by atoms with Crippen molar-refractivity contribution in [3.05, 3.63) is 91.0 Å². The summed E-state index contributed by atoms with van der Waals surface area (Å²) < 4.78 is 141. The molecule has 0 atom stereocenters. The minimum Gasteiger partial charge on any atom is -0.245 e. The van der Waals surface area contributed by atoms with Crippen LogP contribution < -0.4 is 0 Å². The lowest BCUT2D eigenvalue weighted by molar-refractivity contribution is -0.435. The molecule has 0 aliphatic rings. The molecular formula is C22H16F8O4S2. The monoisotopic (exact) mass is 560 g/mol. The third-order valence-electron chi connectivity index (χ3n) is 4.59. The third kappa shape index (κ3) is 5.08. The summed E-state index contributed by atoms with van der Waals surface area (Å²) in [5, 5.41) is -6.52. The van der Waals surface area contributed by atoms with Gasteiger partial charge in [0, 0.05) is 14.7 Å². The lowest BCUT2D eigenvalue weighted by atomic mass is 10.4. The van der Waals surface area contributed by atoms with Crippen molar-refractivity contribution in [3.8, 4) is 0 Å². The summed E-state index contributed by atoms with van der Waals surface area (Å²) >= 11 is 0. The number of halogens is 8. The van der Waals surface area contributed by atoms with Crippen LogP contribution in [-0.2, 0) is 18.5 Å². The first-order valence-corrected chi connectivity index (χ1v) is 12.7. The van der Waals surface area contributed by atoms with Crippen LogP contribution in [0, 0.1) is 0 Å². The van der Waals surface area contributed by atoms with Crippen LogP contribution in [0.1, 0.15) is 0 Å². The van der Waals surface area contributed by atoms with Crippen molar-refractivity contribution < 1.29 is 51.9 Å². The third-order valence-corrected chi connectivity index (χ3v) is 9.79. The van der Waals surface area contributed by atoms with Gasteiger partial charge in [0.25, 0.3) is 0 Å². The van der Waals surface area contributed by atoms with Crippen LogP contribution >= 0.6 is 10.3 Å². The van der Waals surface area contributed by atoms with Gasteiger partial charge in [-0.05, 0) is 46.7 Å². The maximum atomic E-state index is 14.7. The van der Waals surface area contributed by atoms with E-state index in [1.54, 1.807) is 0 Å². The van der Waals surface area contributed by atoms with Crippen molar-refractivity contribution in [2.75, 3.05) is 0 Å². The lowest BCUT2D eigenvalue weighted by Crippen LogP contribution is -2.53. The Morgan fingerprint density at radius 3 is 1.25 bits per heavy atom. The molecule has 3 aromatic rings. The van der Waals surface area contributed by atoms with Crippen molar-refractivity contribution in [2.24, 2.45) is 0 Å². The first-order valence-electron chi connectivity index (χ1n) is 9.73. The average molecular weight is 560 g/mol. The molecule has 0 radical (unpaired) electrons. The Labute approximate surface area is 202 Å². The molecule has 36 heavy (non-hydrogen) atoms. The number of hydrogen-bond donors (Lipinski definition) is 0. The minimum atomic E-state index is -6.87. The highest BCUT2D eigenvalue weighted by molar-refractivity contribution is 8.33. The van der Waals surface area contributed by atoms with E-state index in [2.05, 4.69) is 4.74 Å². The smallest absolute Gasteiger partial charge is 0.245 e. The summed E-state index contributed by atoms with van der Waals surface area (Å²) in [5.41, 5.74) is 0. The Morgan fingerprint density at radius 1 is 0.611 bits per heavy atom. The van der Waals surface area contributed by atoms with Gasteiger partial charge in [-0.15, -0.1) is 0 Å². The fraction of sp³-hybridized carbons (Fsp3) is 0.182. The standard InChI is InChI=1S/C22H16F8O4S2/c23-19(24)20(25,26)33-21(27,28)22(29,30)36(31,32)34-35(16-10-4-1-5-11-16,17-12-6-2-7-13-17)18-14-8-3-9-15-18/h1-15,19H. The molecule has 0 fully saturated rings. The summed E-state index contributed by atoms with van der Waals surface area (Å²) in [6, 6.07) is 20.7. The molecule has 196 valence electrons. The van der Waals surface area contributed by atoms with Crippen LogP contribution in [0.25, 0.3) is 0 Å². The Hall–Kier alpha value is -2.68. The minimum absolute atomic E-state index is 0.0380. The van der Waals surface area contributed by atoms with E-state index in [0.717, 1.165) is 0 Å². The number of benzene rings is 3. The molecule has 3 rings (SSSR count). The van der Waals surface area contributed by atoms with E-state index in [1.807, 2.05) is 0 Å². The average Bonchev–Trinajstić information content (AvgIpc) is 2.83. The van der Waals surface area contributed by atoms with Gasteiger partial charge in [0.2, 0.25) is 0 Å². The molecule has 0 saturated carbocycles. The molecule has 0 unspecified atom stereocenters. The van der Waals surface area contributed by atoms with E-state index in [9.17, 15) is 43.5 Å². The summed E-state index contributed by atoms with van der Waals surface area (Å²) in [5.74, 6) is 0. The topological polar surface area (TPSA) is 52.6 Å². The largest absolute Gasteiger partial charge is 0.461 e. The Balaban J connectivity index is 2.25. The molecule has 0 heterocycles. The van der Waals surface area contributed by atoms with Gasteiger partial charge >= 0.3 is 34.0 Å². The van der Waals surface area contributed by atoms with E-state index in [0.29, 0.717) is 0 Å². The van der Waals surface area contributed by atoms with Gasteiger partial charge < -0.3 is 0 Å². The van der Waals surface area contributed by atoms with Gasteiger partial charge in [-0.2, -0.15) is 34.8 Å². The fourth-order valence-electron chi connectivity index (χ4n) is 2.96. The highest BCUT2D eigenvalue weighted by atomic mass is 32.3. The maximum Gasteiger partial charge on any atom is 0.461 e. The van der Waals surface area contributed by atoms with Gasteiger partial charge in [-0.3, -0.25) is 0 Å². The molecule has 0 amide bonds. The SMILES string of the molecule is O=S(=O)(OS(c1ccccc1)(c1ccccc1)c1ccccc1)C(F)(F)C(F)(F)OC(F)(F)C(F)F. The van der Waals surface area contributed by atoms with E-state index in [-0.39, 0.29) is 14.7 Å². The Bertz CT molecular complexity index is 1160.